The SMILES string of the molecule is CCCCCCCCCCCCCCCCn1cc[n+](CCC)c1CCCCCCCCCCCC. The van der Waals surface area contributed by atoms with Crippen LogP contribution < -0.4 is 4.57 Å². The van der Waals surface area contributed by atoms with Crippen molar-refractivity contribution in [2.24, 2.45) is 0 Å². The molecule has 2 nitrogen and oxygen atoms in total. The predicted molar refractivity (Wildman–Crippen MR) is 161 cm³/mol. The summed E-state index contributed by atoms with van der Waals surface area (Å²) in [7, 11) is 0. The van der Waals surface area contributed by atoms with E-state index in [4.69, 9.17) is 0 Å². The molecule has 1 aromatic rings. The fourth-order valence-corrected chi connectivity index (χ4v) is 5.68. The standard InChI is InChI=1S/C34H67N2/c1-4-7-9-11-13-15-17-18-19-20-22-24-26-28-31-36-33-32-35(30-6-3)34(36)29-27-25-23-21-16-14-12-10-8-5-2/h32-33H,4-31H2,1-3H3/q+1. The van der Waals surface area contributed by atoms with Crippen LogP contribution in [0.2, 0.25) is 0 Å². The molecule has 0 aliphatic heterocycles. The zero-order chi connectivity index (χ0) is 25.9. The molecule has 212 valence electrons. The molecule has 0 radical (unpaired) electrons. The van der Waals surface area contributed by atoms with Crippen LogP contribution in [0.15, 0.2) is 12.4 Å². The first-order chi connectivity index (χ1) is 17.8. The number of aromatic nitrogens is 2. The highest BCUT2D eigenvalue weighted by molar-refractivity contribution is 4.84. The minimum absolute atomic E-state index is 1.18. The maximum absolute atomic E-state index is 2.59. The molecule has 1 heterocycles. The molecular weight excluding hydrogens is 436 g/mol. The Bertz CT molecular complexity index is 562. The molecule has 0 aliphatic carbocycles. The van der Waals surface area contributed by atoms with Gasteiger partial charge in [0, 0.05) is 6.42 Å². The molecule has 0 N–H and O–H groups in total. The Morgan fingerprint density at radius 3 is 1.28 bits per heavy atom. The molecule has 0 aliphatic rings. The van der Waals surface area contributed by atoms with Crippen molar-refractivity contribution < 1.29 is 4.57 Å². The smallest absolute Gasteiger partial charge is 0.234 e. The van der Waals surface area contributed by atoms with E-state index in [0.717, 1.165) is 0 Å². The topological polar surface area (TPSA) is 8.81 Å². The first-order valence-electron chi connectivity index (χ1n) is 16.9. The van der Waals surface area contributed by atoms with E-state index >= 15 is 0 Å². The first-order valence-corrected chi connectivity index (χ1v) is 16.9. The summed E-state index contributed by atoms with van der Waals surface area (Å²) in [6.07, 6.45) is 41.6. The maximum Gasteiger partial charge on any atom is 0.256 e. The number of nitrogens with zero attached hydrogens (tertiary/aromatic N) is 2. The molecule has 0 spiro atoms. The van der Waals surface area contributed by atoms with Gasteiger partial charge in [-0.05, 0) is 25.7 Å². The average Bonchev–Trinajstić information content (AvgIpc) is 3.26. The van der Waals surface area contributed by atoms with Crippen molar-refractivity contribution in [1.82, 2.24) is 4.57 Å². The molecule has 1 aromatic heterocycles. The lowest BCUT2D eigenvalue weighted by Gasteiger charge is -2.06. The van der Waals surface area contributed by atoms with E-state index in [1.807, 2.05) is 0 Å². The second kappa shape index (κ2) is 25.8. The summed E-state index contributed by atoms with van der Waals surface area (Å²) >= 11 is 0. The number of imidazole rings is 1. The van der Waals surface area contributed by atoms with Crippen LogP contribution in [0.1, 0.15) is 187 Å². The Morgan fingerprint density at radius 1 is 0.472 bits per heavy atom. The molecule has 36 heavy (non-hydrogen) atoms. The van der Waals surface area contributed by atoms with Gasteiger partial charge in [-0.2, -0.15) is 0 Å². The molecule has 0 aromatic carbocycles. The molecule has 1 rings (SSSR count). The minimum Gasteiger partial charge on any atom is -0.234 e. The molecule has 0 saturated carbocycles. The van der Waals surface area contributed by atoms with Gasteiger partial charge < -0.3 is 0 Å². The molecular formula is C34H67N2+. The summed E-state index contributed by atoms with van der Waals surface area (Å²) in [5, 5.41) is 0. The molecule has 0 bridgehead atoms. The highest BCUT2D eigenvalue weighted by atomic mass is 15.1. The van der Waals surface area contributed by atoms with Gasteiger partial charge in [-0.15, -0.1) is 0 Å². The van der Waals surface area contributed by atoms with E-state index in [2.05, 4.69) is 42.3 Å². The maximum atomic E-state index is 2.59. The van der Waals surface area contributed by atoms with Gasteiger partial charge in [0.2, 0.25) is 0 Å². The Morgan fingerprint density at radius 2 is 0.861 bits per heavy atom. The van der Waals surface area contributed by atoms with E-state index in [0.29, 0.717) is 0 Å². The van der Waals surface area contributed by atoms with Gasteiger partial charge >= 0.3 is 0 Å². The van der Waals surface area contributed by atoms with Gasteiger partial charge in [-0.3, -0.25) is 0 Å². The van der Waals surface area contributed by atoms with E-state index in [-0.39, 0.29) is 0 Å². The summed E-state index contributed by atoms with van der Waals surface area (Å²) < 4.78 is 5.13. The Kier molecular flexibility index (Phi) is 23.9. The normalized spacial score (nSPS) is 11.5. The average molecular weight is 504 g/mol. The molecule has 0 unspecified atom stereocenters. The fourth-order valence-electron chi connectivity index (χ4n) is 5.68. The monoisotopic (exact) mass is 504 g/mol. The van der Waals surface area contributed by atoms with E-state index in [9.17, 15) is 0 Å². The number of hydrogen-bond acceptors (Lipinski definition) is 0. The minimum atomic E-state index is 1.18. The Hall–Kier alpha value is -0.790. The Balaban J connectivity index is 2.08. The quantitative estimate of drug-likeness (QED) is 0.0794. The number of unbranched alkanes of at least 4 members (excludes halogenated alkanes) is 22. The van der Waals surface area contributed by atoms with Gasteiger partial charge in [0.1, 0.15) is 12.4 Å². The molecule has 0 fully saturated rings. The van der Waals surface area contributed by atoms with Crippen molar-refractivity contribution in [3.05, 3.63) is 18.2 Å². The van der Waals surface area contributed by atoms with Crippen molar-refractivity contribution in [2.45, 2.75) is 201 Å². The van der Waals surface area contributed by atoms with Crippen LogP contribution in [0.4, 0.5) is 0 Å². The molecule has 0 amide bonds. The highest BCUT2D eigenvalue weighted by Gasteiger charge is 2.15. The van der Waals surface area contributed by atoms with Crippen molar-refractivity contribution >= 4 is 0 Å². The van der Waals surface area contributed by atoms with Crippen LogP contribution in [0.25, 0.3) is 0 Å². The lowest BCUT2D eigenvalue weighted by atomic mass is 10.0. The van der Waals surface area contributed by atoms with Crippen LogP contribution in [0.3, 0.4) is 0 Å². The van der Waals surface area contributed by atoms with Gasteiger partial charge in [0.05, 0.1) is 13.1 Å². The number of aryl methyl sites for hydroxylation is 2. The summed E-state index contributed by atoms with van der Waals surface area (Å²) in [6, 6.07) is 0. The third-order valence-corrected chi connectivity index (χ3v) is 8.06. The van der Waals surface area contributed by atoms with Crippen LogP contribution in [-0.4, -0.2) is 4.57 Å². The zero-order valence-electron chi connectivity index (χ0n) is 25.3. The second-order valence-electron chi connectivity index (χ2n) is 11.6. The molecule has 0 atom stereocenters. The third kappa shape index (κ3) is 18.5. The third-order valence-electron chi connectivity index (χ3n) is 8.06. The van der Waals surface area contributed by atoms with Crippen molar-refractivity contribution in [2.75, 3.05) is 0 Å². The van der Waals surface area contributed by atoms with Crippen molar-refractivity contribution in [3.63, 3.8) is 0 Å². The van der Waals surface area contributed by atoms with Crippen molar-refractivity contribution in [1.29, 1.82) is 0 Å². The van der Waals surface area contributed by atoms with Gasteiger partial charge in [-0.25, -0.2) is 9.13 Å². The predicted octanol–water partition coefficient (Wildman–Crippen LogP) is 11.1. The number of rotatable bonds is 28. The highest BCUT2D eigenvalue weighted by Crippen LogP contribution is 2.15. The fraction of sp³-hybridized carbons (Fsp3) is 0.912. The lowest BCUT2D eigenvalue weighted by Crippen LogP contribution is -2.37. The van der Waals surface area contributed by atoms with Crippen LogP contribution in [0.5, 0.6) is 0 Å². The van der Waals surface area contributed by atoms with Crippen LogP contribution in [-0.2, 0) is 19.5 Å². The van der Waals surface area contributed by atoms with E-state index in [1.165, 1.54) is 180 Å². The number of hydrogen-bond donors (Lipinski definition) is 0. The second-order valence-corrected chi connectivity index (χ2v) is 11.6. The first kappa shape index (κ1) is 33.2. The van der Waals surface area contributed by atoms with E-state index in [1.54, 1.807) is 5.82 Å². The van der Waals surface area contributed by atoms with Crippen molar-refractivity contribution in [3.8, 4) is 0 Å². The van der Waals surface area contributed by atoms with Gasteiger partial charge in [0.15, 0.2) is 0 Å². The summed E-state index contributed by atoms with van der Waals surface area (Å²) in [4.78, 5) is 0. The Labute approximate surface area is 228 Å². The lowest BCUT2D eigenvalue weighted by molar-refractivity contribution is -0.703. The summed E-state index contributed by atoms with van der Waals surface area (Å²) in [6.45, 7) is 9.32. The van der Waals surface area contributed by atoms with Gasteiger partial charge in [0.25, 0.3) is 5.82 Å². The van der Waals surface area contributed by atoms with Crippen LogP contribution in [0, 0.1) is 0 Å². The largest absolute Gasteiger partial charge is 0.256 e. The zero-order valence-corrected chi connectivity index (χ0v) is 25.3. The summed E-state index contributed by atoms with van der Waals surface area (Å²) in [5.74, 6) is 1.59. The van der Waals surface area contributed by atoms with Crippen LogP contribution >= 0.6 is 0 Å². The summed E-state index contributed by atoms with van der Waals surface area (Å²) in [5.41, 5.74) is 0. The molecule has 0 saturated heterocycles. The van der Waals surface area contributed by atoms with E-state index < -0.39 is 0 Å². The molecule has 2 heteroatoms. The van der Waals surface area contributed by atoms with Gasteiger partial charge in [-0.1, -0.05) is 156 Å².